The second-order valence-electron chi connectivity index (χ2n) is 13.5. The first-order valence-corrected chi connectivity index (χ1v) is 14.6. The van der Waals surface area contributed by atoms with E-state index in [0.717, 1.165) is 0 Å². The zero-order chi connectivity index (χ0) is 30.5. The summed E-state index contributed by atoms with van der Waals surface area (Å²) in [6.45, 7) is 9.21. The molecule has 5 fully saturated rings. The monoisotopic (exact) mass is 584 g/mol. The number of carbonyl (C=O) groups is 3. The predicted octanol–water partition coefficient (Wildman–Crippen LogP) is 3.77. The van der Waals surface area contributed by atoms with E-state index in [0.29, 0.717) is 29.6 Å². The van der Waals surface area contributed by atoms with E-state index in [9.17, 15) is 24.6 Å². The number of carbonyl (C=O) groups excluding carboxylic acids is 3. The van der Waals surface area contributed by atoms with Crippen molar-refractivity contribution < 1.29 is 48.0 Å². The van der Waals surface area contributed by atoms with Crippen molar-refractivity contribution >= 4 is 17.9 Å². The minimum Gasteiger partial charge on any atom is -0.472 e. The predicted molar refractivity (Wildman–Crippen MR) is 146 cm³/mol. The number of methoxy groups -OCH3 is 1. The SMILES string of the molecule is C/C=C(\C)C(=O)O[C@@H]1C2C=C3[C@H](CC[C@@]4(C)[C@H](c5ccoc5)OC(=O)C[C@@]34O)[C@@]3(C)[C@@H](CC(=O)OC)[C@@]1(C)CO[C@@]23O. The number of furan rings is 1. The van der Waals surface area contributed by atoms with Gasteiger partial charge in [0.05, 0.1) is 38.6 Å². The van der Waals surface area contributed by atoms with E-state index in [1.807, 2.05) is 20.8 Å². The molecule has 42 heavy (non-hydrogen) atoms. The van der Waals surface area contributed by atoms with Crippen LogP contribution in [0.5, 0.6) is 0 Å². The summed E-state index contributed by atoms with van der Waals surface area (Å²) in [6.07, 6.45) is 5.51. The molecule has 10 atom stereocenters. The maximum Gasteiger partial charge on any atom is 0.333 e. The molecule has 2 saturated carbocycles. The van der Waals surface area contributed by atoms with Crippen molar-refractivity contribution in [2.45, 2.75) is 83.9 Å². The lowest BCUT2D eigenvalue weighted by atomic mass is 9.36. The first-order valence-electron chi connectivity index (χ1n) is 14.6. The fourth-order valence-electron chi connectivity index (χ4n) is 9.25. The standard InChI is InChI=1S/C32H40O10/c1-7-17(2)27(35)42-26-21-12-20-19(30(5)22(13-23(33)38-6)28(26,3)16-40-32(21,30)37)8-10-29(4)25(18-9-11-39-15-18)41-24(34)14-31(20,29)36/h7,9,11-12,15,19,21-22,25-26,36-37H,8,10,13-14,16H2,1-6H3/b17-7+/t19-,21?,22-,25-,26+,28+,29-,30-,31+,32-/m0/s1. The van der Waals surface area contributed by atoms with Gasteiger partial charge in [0.2, 0.25) is 0 Å². The van der Waals surface area contributed by atoms with Gasteiger partial charge in [0.15, 0.2) is 5.79 Å². The molecule has 228 valence electrons. The van der Waals surface area contributed by atoms with Crippen LogP contribution in [0.15, 0.2) is 46.3 Å². The third kappa shape index (κ3) is 3.46. The van der Waals surface area contributed by atoms with Crippen molar-refractivity contribution in [3.8, 4) is 0 Å². The highest BCUT2D eigenvalue weighted by atomic mass is 16.6. The Morgan fingerprint density at radius 3 is 2.60 bits per heavy atom. The van der Waals surface area contributed by atoms with Crippen molar-refractivity contribution in [3.63, 3.8) is 0 Å². The summed E-state index contributed by atoms with van der Waals surface area (Å²) in [4.78, 5) is 39.2. The molecule has 2 N–H and O–H groups in total. The van der Waals surface area contributed by atoms with Gasteiger partial charge in [0.25, 0.3) is 0 Å². The van der Waals surface area contributed by atoms with Crippen LogP contribution in [0, 0.1) is 34.0 Å². The molecule has 0 spiro atoms. The lowest BCUT2D eigenvalue weighted by Crippen LogP contribution is -2.80. The number of rotatable bonds is 5. The van der Waals surface area contributed by atoms with Crippen molar-refractivity contribution in [2.24, 2.45) is 34.0 Å². The Morgan fingerprint density at radius 1 is 1.21 bits per heavy atom. The number of ether oxygens (including phenoxy) is 4. The molecule has 4 bridgehead atoms. The number of hydrogen-bond donors (Lipinski definition) is 2. The zero-order valence-corrected chi connectivity index (χ0v) is 25.0. The Kier molecular flexibility index (Phi) is 6.43. The van der Waals surface area contributed by atoms with Gasteiger partial charge in [-0.15, -0.1) is 0 Å². The van der Waals surface area contributed by atoms with Gasteiger partial charge in [-0.1, -0.05) is 32.9 Å². The molecular weight excluding hydrogens is 544 g/mol. The molecule has 3 aliphatic carbocycles. The summed E-state index contributed by atoms with van der Waals surface area (Å²) in [6, 6.07) is 1.73. The van der Waals surface area contributed by atoms with Crippen molar-refractivity contribution in [3.05, 3.63) is 47.5 Å². The fraction of sp³-hybridized carbons (Fsp3) is 0.656. The normalized spacial score (nSPS) is 45.7. The summed E-state index contributed by atoms with van der Waals surface area (Å²) in [5.41, 5.74) is -2.88. The minimum atomic E-state index is -1.81. The zero-order valence-electron chi connectivity index (χ0n) is 25.0. The van der Waals surface area contributed by atoms with E-state index in [2.05, 4.69) is 0 Å². The summed E-state index contributed by atoms with van der Waals surface area (Å²) in [5.74, 6) is -5.21. The molecule has 3 aliphatic heterocycles. The van der Waals surface area contributed by atoms with E-state index in [1.165, 1.54) is 19.6 Å². The van der Waals surface area contributed by atoms with E-state index in [-0.39, 0.29) is 19.4 Å². The number of allylic oxidation sites excluding steroid dienone is 1. The molecule has 6 aliphatic rings. The highest BCUT2D eigenvalue weighted by Gasteiger charge is 2.80. The van der Waals surface area contributed by atoms with Gasteiger partial charge in [-0.3, -0.25) is 9.59 Å². The maximum absolute atomic E-state index is 13.2. The maximum atomic E-state index is 13.2. The number of esters is 3. The Labute approximate surface area is 245 Å². The molecular formula is C32H40O10. The van der Waals surface area contributed by atoms with Crippen LogP contribution in [0.3, 0.4) is 0 Å². The van der Waals surface area contributed by atoms with Crippen molar-refractivity contribution in [1.82, 2.24) is 0 Å². The van der Waals surface area contributed by atoms with Crippen LogP contribution in [0.1, 0.15) is 72.0 Å². The van der Waals surface area contributed by atoms with Gasteiger partial charge in [-0.05, 0) is 50.2 Å². The fourth-order valence-corrected chi connectivity index (χ4v) is 9.25. The van der Waals surface area contributed by atoms with Gasteiger partial charge >= 0.3 is 17.9 Å². The van der Waals surface area contributed by atoms with Crippen LogP contribution in [0.2, 0.25) is 0 Å². The van der Waals surface area contributed by atoms with Crippen LogP contribution in [-0.2, 0) is 33.3 Å². The molecule has 10 nitrogen and oxygen atoms in total. The lowest BCUT2D eigenvalue weighted by molar-refractivity contribution is -0.429. The van der Waals surface area contributed by atoms with Crippen LogP contribution >= 0.6 is 0 Å². The largest absolute Gasteiger partial charge is 0.472 e. The third-order valence-corrected chi connectivity index (χ3v) is 11.8. The van der Waals surface area contributed by atoms with Gasteiger partial charge < -0.3 is 33.6 Å². The first kappa shape index (κ1) is 29.1. The van der Waals surface area contributed by atoms with Crippen LogP contribution < -0.4 is 0 Å². The molecule has 0 amide bonds. The van der Waals surface area contributed by atoms with Crippen LogP contribution in [0.4, 0.5) is 0 Å². The molecule has 10 heteroatoms. The molecule has 0 radical (unpaired) electrons. The van der Waals surface area contributed by atoms with E-state index >= 15 is 0 Å². The Morgan fingerprint density at radius 2 is 1.95 bits per heavy atom. The minimum absolute atomic E-state index is 0.0439. The van der Waals surface area contributed by atoms with Gasteiger partial charge in [-0.2, -0.15) is 0 Å². The number of fused-ring (bicyclic) bond motifs is 4. The second-order valence-corrected chi connectivity index (χ2v) is 13.5. The van der Waals surface area contributed by atoms with E-state index in [1.54, 1.807) is 32.1 Å². The average molecular weight is 585 g/mol. The van der Waals surface area contributed by atoms with Gasteiger partial charge in [-0.25, -0.2) is 4.79 Å². The quantitative estimate of drug-likeness (QED) is 0.227. The van der Waals surface area contributed by atoms with Crippen LogP contribution in [0.25, 0.3) is 0 Å². The molecule has 1 aromatic heterocycles. The van der Waals surface area contributed by atoms with Gasteiger partial charge in [0, 0.05) is 33.8 Å². The summed E-state index contributed by atoms with van der Waals surface area (Å²) < 4.78 is 28.7. The highest BCUT2D eigenvalue weighted by Crippen LogP contribution is 2.75. The third-order valence-electron chi connectivity index (χ3n) is 11.8. The first-order chi connectivity index (χ1) is 19.7. The molecule has 4 heterocycles. The van der Waals surface area contributed by atoms with E-state index < -0.39 is 75.5 Å². The van der Waals surface area contributed by atoms with Crippen LogP contribution in [-0.4, -0.2) is 59.3 Å². The lowest BCUT2D eigenvalue weighted by Gasteiger charge is -2.74. The summed E-state index contributed by atoms with van der Waals surface area (Å²) in [5, 5.41) is 25.3. The average Bonchev–Trinajstić information content (AvgIpc) is 3.48. The van der Waals surface area contributed by atoms with Crippen molar-refractivity contribution in [1.29, 1.82) is 0 Å². The number of cyclic esters (lactones) is 1. The number of aliphatic hydroxyl groups is 2. The Hall–Kier alpha value is -2.95. The molecule has 1 aromatic rings. The van der Waals surface area contributed by atoms with E-state index in [4.69, 9.17) is 23.4 Å². The Bertz CT molecular complexity index is 1380. The molecule has 3 saturated heterocycles. The highest BCUT2D eigenvalue weighted by molar-refractivity contribution is 5.88. The smallest absolute Gasteiger partial charge is 0.333 e. The number of hydrogen-bond acceptors (Lipinski definition) is 10. The second kappa shape index (κ2) is 9.27. The molecule has 1 unspecified atom stereocenters. The molecule has 7 rings (SSSR count). The Balaban J connectivity index is 1.56. The molecule has 0 aromatic carbocycles. The van der Waals surface area contributed by atoms with Crippen molar-refractivity contribution in [2.75, 3.05) is 13.7 Å². The topological polar surface area (TPSA) is 142 Å². The summed E-state index contributed by atoms with van der Waals surface area (Å²) in [7, 11) is 1.32. The summed E-state index contributed by atoms with van der Waals surface area (Å²) >= 11 is 0. The van der Waals surface area contributed by atoms with Gasteiger partial charge in [0.1, 0.15) is 17.8 Å².